The molecule has 0 aromatic heterocycles. The van der Waals surface area contributed by atoms with Gasteiger partial charge in [0.2, 0.25) is 5.60 Å². The van der Waals surface area contributed by atoms with Gasteiger partial charge in [-0.1, -0.05) is 24.3 Å². The number of ketones is 1. The van der Waals surface area contributed by atoms with Gasteiger partial charge in [0.05, 0.1) is 11.5 Å². The zero-order valence-corrected chi connectivity index (χ0v) is 14.1. The van der Waals surface area contributed by atoms with Gasteiger partial charge < -0.3 is 29.2 Å². The number of carbonyl (C=O) groups excluding carboxylic acids is 1. The lowest BCUT2D eigenvalue weighted by Gasteiger charge is -2.46. The third-order valence-electron chi connectivity index (χ3n) is 6.86. The maximum atomic E-state index is 13.1. The summed E-state index contributed by atoms with van der Waals surface area (Å²) < 4.78 is 24.4. The molecule has 0 amide bonds. The normalized spacial score (nSPS) is 44.6. The summed E-state index contributed by atoms with van der Waals surface area (Å²) in [6.45, 7) is 0. The number of aliphatic hydroxyl groups excluding tert-OH is 2. The van der Waals surface area contributed by atoms with Crippen LogP contribution in [0.2, 0.25) is 0 Å². The number of hydrogen-bond donors (Lipinski definition) is 2. The first kappa shape index (κ1) is 14.8. The molecule has 2 aliphatic carbocycles. The van der Waals surface area contributed by atoms with E-state index in [-0.39, 0.29) is 18.6 Å². The average molecular weight is 368 g/mol. The quantitative estimate of drug-likeness (QED) is 0.660. The zero-order valence-electron chi connectivity index (χ0n) is 14.1. The summed E-state index contributed by atoms with van der Waals surface area (Å²) in [6, 6.07) is 11.3. The van der Waals surface area contributed by atoms with Crippen LogP contribution in [0.3, 0.4) is 0 Å². The van der Waals surface area contributed by atoms with E-state index in [2.05, 4.69) is 0 Å². The summed E-state index contributed by atoms with van der Waals surface area (Å²) in [6.07, 6.45) is -2.99. The first-order valence-electron chi connectivity index (χ1n) is 9.20. The average Bonchev–Trinajstić information content (AvgIpc) is 3.57. The Morgan fingerprint density at radius 3 is 2.44 bits per heavy atom. The second kappa shape index (κ2) is 4.12. The first-order chi connectivity index (χ1) is 13.1. The molecular formula is C20H16O7. The molecule has 2 N–H and O–H groups in total. The van der Waals surface area contributed by atoms with E-state index in [0.29, 0.717) is 11.5 Å². The largest absolute Gasteiger partial charge is 0.446 e. The molecule has 2 aromatic rings. The third kappa shape index (κ3) is 1.31. The van der Waals surface area contributed by atoms with E-state index in [4.69, 9.17) is 18.9 Å². The smallest absolute Gasteiger partial charge is 0.320 e. The molecule has 7 nitrogen and oxygen atoms in total. The van der Waals surface area contributed by atoms with Crippen LogP contribution in [0, 0.1) is 0 Å². The number of Topliss-reactive ketones (excluding diaryl/α,β-unsaturated/α-hetero) is 1. The van der Waals surface area contributed by atoms with Crippen molar-refractivity contribution in [3.05, 3.63) is 36.4 Å². The zero-order chi connectivity index (χ0) is 18.2. The van der Waals surface area contributed by atoms with Crippen molar-refractivity contribution in [1.29, 1.82) is 0 Å². The Labute approximate surface area is 153 Å². The Balaban J connectivity index is 1.49. The van der Waals surface area contributed by atoms with Crippen molar-refractivity contribution in [3.63, 3.8) is 0 Å². The molecule has 27 heavy (non-hydrogen) atoms. The summed E-state index contributed by atoms with van der Waals surface area (Å²) in [7, 11) is 0. The highest BCUT2D eigenvalue weighted by Gasteiger charge is 2.99. The molecule has 3 aliphatic heterocycles. The van der Waals surface area contributed by atoms with E-state index in [0.717, 1.165) is 10.8 Å². The van der Waals surface area contributed by atoms with Crippen LogP contribution in [0.15, 0.2) is 36.4 Å². The van der Waals surface area contributed by atoms with Crippen LogP contribution in [0.25, 0.3) is 10.8 Å². The number of ether oxygens (including phenoxy) is 4. The van der Waals surface area contributed by atoms with Crippen LogP contribution < -0.4 is 9.47 Å². The van der Waals surface area contributed by atoms with Gasteiger partial charge in [-0.2, -0.15) is 0 Å². The Morgan fingerprint density at radius 2 is 1.74 bits per heavy atom. The van der Waals surface area contributed by atoms with Crippen molar-refractivity contribution in [3.8, 4) is 11.5 Å². The highest BCUT2D eigenvalue weighted by molar-refractivity contribution is 5.98. The van der Waals surface area contributed by atoms with Gasteiger partial charge >= 0.3 is 5.79 Å². The van der Waals surface area contributed by atoms with E-state index in [1.165, 1.54) is 0 Å². The monoisotopic (exact) mass is 368 g/mol. The number of fused-ring (bicyclic) bond motifs is 2. The topological polar surface area (TPSA) is 101 Å². The van der Waals surface area contributed by atoms with E-state index in [9.17, 15) is 15.0 Å². The first-order valence-corrected chi connectivity index (χ1v) is 9.20. The molecule has 2 aromatic carbocycles. The number of aliphatic hydroxyl groups is 2. The molecule has 2 saturated heterocycles. The maximum absolute atomic E-state index is 13.1. The number of carbonyl (C=O) groups is 1. The minimum absolute atomic E-state index is 0.132. The van der Waals surface area contributed by atoms with Gasteiger partial charge in [0.25, 0.3) is 0 Å². The summed E-state index contributed by atoms with van der Waals surface area (Å²) in [5, 5.41) is 23.2. The lowest BCUT2D eigenvalue weighted by Crippen LogP contribution is -2.74. The van der Waals surface area contributed by atoms with E-state index < -0.39 is 41.4 Å². The molecule has 4 fully saturated rings. The second-order valence-corrected chi connectivity index (χ2v) is 8.00. The van der Waals surface area contributed by atoms with Gasteiger partial charge in [0, 0.05) is 6.42 Å². The molecular weight excluding hydrogens is 352 g/mol. The predicted molar refractivity (Wildman–Crippen MR) is 89.4 cm³/mol. The Hall–Kier alpha value is -2.19. The van der Waals surface area contributed by atoms with Gasteiger partial charge in [-0.15, -0.1) is 0 Å². The molecule has 0 bridgehead atoms. The summed E-state index contributed by atoms with van der Waals surface area (Å²) in [5.41, 5.74) is -3.02. The lowest BCUT2D eigenvalue weighted by molar-refractivity contribution is -0.196. The third-order valence-corrected chi connectivity index (χ3v) is 6.86. The molecule has 3 heterocycles. The van der Waals surface area contributed by atoms with Crippen LogP contribution in [0.4, 0.5) is 0 Å². The summed E-state index contributed by atoms with van der Waals surface area (Å²) in [5.74, 6) is -0.636. The molecule has 2 saturated carbocycles. The SMILES string of the molecule is O=C1CC[C@H](O)[C@@]23O[C@@]12C1(Oc2cccc4cccc(c24)O1)[C@@H]1O[C@@H]1[C@@H]3O. The molecule has 1 spiro atoms. The molecule has 0 unspecified atom stereocenters. The molecule has 6 atom stereocenters. The number of rotatable bonds is 0. The minimum Gasteiger partial charge on any atom is -0.446 e. The van der Waals surface area contributed by atoms with Crippen LogP contribution in [0.5, 0.6) is 11.5 Å². The fraction of sp³-hybridized carbons (Fsp3) is 0.450. The summed E-state index contributed by atoms with van der Waals surface area (Å²) >= 11 is 0. The van der Waals surface area contributed by atoms with Crippen molar-refractivity contribution in [1.82, 2.24) is 0 Å². The second-order valence-electron chi connectivity index (χ2n) is 8.00. The van der Waals surface area contributed by atoms with Gasteiger partial charge in [-0.05, 0) is 23.9 Å². The van der Waals surface area contributed by atoms with Gasteiger partial charge in [-0.3, -0.25) is 4.79 Å². The molecule has 5 aliphatic rings. The van der Waals surface area contributed by atoms with Crippen LogP contribution in [-0.4, -0.2) is 57.4 Å². The Morgan fingerprint density at radius 1 is 1.04 bits per heavy atom. The lowest BCUT2D eigenvalue weighted by atomic mass is 9.64. The fourth-order valence-electron chi connectivity index (χ4n) is 5.63. The van der Waals surface area contributed by atoms with Crippen molar-refractivity contribution >= 4 is 16.6 Å². The maximum Gasteiger partial charge on any atom is 0.320 e. The van der Waals surface area contributed by atoms with E-state index in [1.807, 2.05) is 36.4 Å². The van der Waals surface area contributed by atoms with Crippen LogP contribution in [0.1, 0.15) is 12.8 Å². The van der Waals surface area contributed by atoms with Crippen LogP contribution >= 0.6 is 0 Å². The van der Waals surface area contributed by atoms with Gasteiger partial charge in [-0.25, -0.2) is 0 Å². The Kier molecular flexibility index (Phi) is 2.26. The van der Waals surface area contributed by atoms with E-state index in [1.54, 1.807) is 0 Å². The fourth-order valence-corrected chi connectivity index (χ4v) is 5.63. The highest BCUT2D eigenvalue weighted by atomic mass is 16.8. The number of benzene rings is 2. The van der Waals surface area contributed by atoms with Crippen molar-refractivity contribution < 1.29 is 34.0 Å². The molecule has 0 radical (unpaired) electrons. The van der Waals surface area contributed by atoms with Crippen molar-refractivity contribution in [2.45, 2.75) is 54.2 Å². The molecule has 138 valence electrons. The minimum atomic E-state index is -1.58. The van der Waals surface area contributed by atoms with Crippen molar-refractivity contribution in [2.75, 3.05) is 0 Å². The van der Waals surface area contributed by atoms with Gasteiger partial charge in [0.15, 0.2) is 17.5 Å². The number of epoxide rings is 2. The molecule has 7 heteroatoms. The van der Waals surface area contributed by atoms with Gasteiger partial charge in [0.1, 0.15) is 23.7 Å². The molecule has 7 rings (SSSR count). The van der Waals surface area contributed by atoms with Crippen LogP contribution in [-0.2, 0) is 14.3 Å². The predicted octanol–water partition coefficient (Wildman–Crippen LogP) is 0.681. The number of hydrogen-bond acceptors (Lipinski definition) is 7. The highest BCUT2D eigenvalue weighted by Crippen LogP contribution is 2.72. The van der Waals surface area contributed by atoms with Crippen molar-refractivity contribution in [2.24, 2.45) is 0 Å². The Bertz CT molecular complexity index is 1010. The standard InChI is InChI=1S/C20H16O7/c21-12-7-8-13(22)19-18(12,27-19)16(23)15-17(24-15)20(19)25-10-5-1-3-9-4-2-6-11(26-20)14(9)10/h1-6,12,15-17,21,23H,7-8H2/t12-,15+,16-,17+,18-,19-/m0/s1. The summed E-state index contributed by atoms with van der Waals surface area (Å²) in [4.78, 5) is 13.1. The van der Waals surface area contributed by atoms with E-state index >= 15 is 0 Å².